The molecule has 0 heterocycles. The average molecular weight is 288 g/mol. The Morgan fingerprint density at radius 2 is 2.14 bits per heavy atom. The minimum Gasteiger partial charge on any atom is -0.490 e. The Labute approximate surface area is 126 Å². The zero-order chi connectivity index (χ0) is 15.3. The van der Waals surface area contributed by atoms with E-state index in [0.29, 0.717) is 6.42 Å². The van der Waals surface area contributed by atoms with Crippen LogP contribution in [0.25, 0.3) is 0 Å². The summed E-state index contributed by atoms with van der Waals surface area (Å²) in [4.78, 5) is 0. The van der Waals surface area contributed by atoms with E-state index in [4.69, 9.17) is 9.84 Å². The Balaban J connectivity index is 2.01. The number of nitrogens with zero attached hydrogens (tertiary/aromatic N) is 1. The molecule has 1 aliphatic carbocycles. The zero-order valence-electron chi connectivity index (χ0n) is 12.8. The molecule has 21 heavy (non-hydrogen) atoms. The third-order valence-electron chi connectivity index (χ3n) is 3.89. The molecule has 0 spiro atoms. The molecule has 1 saturated carbocycles. The number of nitriles is 1. The van der Waals surface area contributed by atoms with Gasteiger partial charge in [0.1, 0.15) is 17.4 Å². The summed E-state index contributed by atoms with van der Waals surface area (Å²) in [5.41, 5.74) is 0.404. The molecular formula is C17H24N2O2. The van der Waals surface area contributed by atoms with E-state index >= 15 is 0 Å². The van der Waals surface area contributed by atoms with Crippen molar-refractivity contribution in [3.8, 4) is 11.8 Å². The molecule has 4 heteroatoms. The van der Waals surface area contributed by atoms with Crippen LogP contribution in [0.5, 0.6) is 5.75 Å². The molecule has 0 aromatic heterocycles. The number of aliphatic hydroxyl groups excluding tert-OH is 1. The molecule has 2 unspecified atom stereocenters. The first-order valence-corrected chi connectivity index (χ1v) is 7.62. The fourth-order valence-electron chi connectivity index (χ4n) is 3.01. The van der Waals surface area contributed by atoms with Gasteiger partial charge >= 0.3 is 0 Å². The summed E-state index contributed by atoms with van der Waals surface area (Å²) in [6, 6.07) is 10.2. The van der Waals surface area contributed by atoms with Gasteiger partial charge in [0.15, 0.2) is 0 Å². The van der Waals surface area contributed by atoms with Crippen molar-refractivity contribution < 1.29 is 9.84 Å². The monoisotopic (exact) mass is 288 g/mol. The highest BCUT2D eigenvalue weighted by atomic mass is 16.5. The largest absolute Gasteiger partial charge is 0.490 e. The van der Waals surface area contributed by atoms with Gasteiger partial charge in [-0.05, 0) is 50.8 Å². The van der Waals surface area contributed by atoms with Crippen LogP contribution in [0.1, 0.15) is 45.1 Å². The smallest absolute Gasteiger partial charge is 0.119 e. The van der Waals surface area contributed by atoms with Gasteiger partial charge in [-0.2, -0.15) is 5.26 Å². The third kappa shape index (κ3) is 4.20. The average Bonchev–Trinajstić information content (AvgIpc) is 2.47. The maximum Gasteiger partial charge on any atom is 0.119 e. The maximum absolute atomic E-state index is 9.55. The van der Waals surface area contributed by atoms with Gasteiger partial charge in [0, 0.05) is 12.5 Å². The summed E-state index contributed by atoms with van der Waals surface area (Å²) in [6.45, 7) is 4.17. The van der Waals surface area contributed by atoms with Gasteiger partial charge in [-0.25, -0.2) is 0 Å². The van der Waals surface area contributed by atoms with Crippen molar-refractivity contribution in [3.63, 3.8) is 0 Å². The quantitative estimate of drug-likeness (QED) is 0.874. The predicted octanol–water partition coefficient (Wildman–Crippen LogP) is 2.76. The van der Waals surface area contributed by atoms with Crippen LogP contribution < -0.4 is 10.1 Å². The van der Waals surface area contributed by atoms with Crippen LogP contribution >= 0.6 is 0 Å². The second-order valence-electron chi connectivity index (χ2n) is 6.13. The number of rotatable bonds is 5. The molecule has 4 nitrogen and oxygen atoms in total. The molecule has 1 aromatic rings. The summed E-state index contributed by atoms with van der Waals surface area (Å²) < 4.78 is 6.02. The van der Waals surface area contributed by atoms with Crippen molar-refractivity contribution >= 4 is 0 Å². The number of ether oxygens (including phenoxy) is 1. The van der Waals surface area contributed by atoms with Gasteiger partial charge in [-0.1, -0.05) is 12.1 Å². The standard InChI is InChI=1S/C17H24N2O2/c1-13(2)19-17(12-18)9-3-4-16(10-17)21-15-7-5-14(11-20)6-8-15/h5-8,13,16,19-20H,3-4,9-11H2,1-2H3. The Morgan fingerprint density at radius 1 is 1.43 bits per heavy atom. The minimum absolute atomic E-state index is 0.0412. The van der Waals surface area contributed by atoms with Crippen molar-refractivity contribution in [2.45, 2.75) is 63.8 Å². The van der Waals surface area contributed by atoms with E-state index < -0.39 is 5.54 Å². The first-order chi connectivity index (χ1) is 10.1. The van der Waals surface area contributed by atoms with Crippen LogP contribution in [-0.4, -0.2) is 22.8 Å². The van der Waals surface area contributed by atoms with Crippen molar-refractivity contribution in [1.82, 2.24) is 5.32 Å². The zero-order valence-corrected chi connectivity index (χ0v) is 12.8. The van der Waals surface area contributed by atoms with Crippen molar-refractivity contribution in [3.05, 3.63) is 29.8 Å². The Morgan fingerprint density at radius 3 is 2.71 bits per heavy atom. The lowest BCUT2D eigenvalue weighted by Crippen LogP contribution is -2.52. The fraction of sp³-hybridized carbons (Fsp3) is 0.588. The van der Waals surface area contributed by atoms with E-state index in [1.165, 1.54) is 0 Å². The number of aliphatic hydroxyl groups is 1. The molecule has 1 fully saturated rings. The first kappa shape index (κ1) is 15.8. The molecule has 1 aliphatic rings. The summed E-state index contributed by atoms with van der Waals surface area (Å²) in [6.07, 6.45) is 3.62. The number of nitrogens with one attached hydrogen (secondary N) is 1. The molecule has 2 rings (SSSR count). The highest BCUT2D eigenvalue weighted by molar-refractivity contribution is 5.27. The minimum atomic E-state index is -0.470. The van der Waals surface area contributed by atoms with Crippen molar-refractivity contribution in [1.29, 1.82) is 5.26 Å². The number of hydrogen-bond donors (Lipinski definition) is 2. The fourth-order valence-corrected chi connectivity index (χ4v) is 3.01. The Kier molecular flexibility index (Phi) is 5.22. The lowest BCUT2D eigenvalue weighted by atomic mass is 9.80. The Bertz CT molecular complexity index is 493. The van der Waals surface area contributed by atoms with E-state index in [1.54, 1.807) is 0 Å². The molecule has 0 radical (unpaired) electrons. The van der Waals surface area contributed by atoms with Gasteiger partial charge in [0.2, 0.25) is 0 Å². The predicted molar refractivity (Wildman–Crippen MR) is 81.9 cm³/mol. The molecule has 114 valence electrons. The number of benzene rings is 1. The van der Waals surface area contributed by atoms with Gasteiger partial charge < -0.3 is 9.84 Å². The van der Waals surface area contributed by atoms with Crippen LogP contribution in [0.15, 0.2) is 24.3 Å². The third-order valence-corrected chi connectivity index (χ3v) is 3.89. The van der Waals surface area contributed by atoms with E-state index in [1.807, 2.05) is 24.3 Å². The number of hydrogen-bond acceptors (Lipinski definition) is 4. The summed E-state index contributed by atoms with van der Waals surface area (Å²) in [5.74, 6) is 0.801. The van der Waals surface area contributed by atoms with Crippen LogP contribution in [0.3, 0.4) is 0 Å². The molecular weight excluding hydrogens is 264 g/mol. The van der Waals surface area contributed by atoms with Crippen LogP contribution in [0.2, 0.25) is 0 Å². The van der Waals surface area contributed by atoms with Crippen LogP contribution in [0, 0.1) is 11.3 Å². The van der Waals surface area contributed by atoms with Crippen molar-refractivity contribution in [2.75, 3.05) is 0 Å². The van der Waals surface area contributed by atoms with Gasteiger partial charge in [-0.3, -0.25) is 5.32 Å². The second-order valence-corrected chi connectivity index (χ2v) is 6.13. The van der Waals surface area contributed by atoms with Crippen molar-refractivity contribution in [2.24, 2.45) is 0 Å². The molecule has 2 atom stereocenters. The summed E-state index contributed by atoms with van der Waals surface area (Å²) >= 11 is 0. The van der Waals surface area contributed by atoms with Gasteiger partial charge in [0.05, 0.1) is 12.7 Å². The summed E-state index contributed by atoms with van der Waals surface area (Å²) in [5, 5.41) is 22.0. The lowest BCUT2D eigenvalue weighted by molar-refractivity contribution is 0.109. The topological polar surface area (TPSA) is 65.3 Å². The van der Waals surface area contributed by atoms with E-state index in [-0.39, 0.29) is 18.8 Å². The lowest BCUT2D eigenvalue weighted by Gasteiger charge is -2.37. The maximum atomic E-state index is 9.55. The van der Waals surface area contributed by atoms with E-state index in [2.05, 4.69) is 25.2 Å². The van der Waals surface area contributed by atoms with Gasteiger partial charge in [-0.15, -0.1) is 0 Å². The molecule has 0 bridgehead atoms. The van der Waals surface area contributed by atoms with Crippen LogP contribution in [0.4, 0.5) is 0 Å². The Hall–Kier alpha value is -1.57. The normalized spacial score (nSPS) is 25.6. The van der Waals surface area contributed by atoms with Crippen LogP contribution in [-0.2, 0) is 6.61 Å². The molecule has 0 amide bonds. The van der Waals surface area contributed by atoms with Gasteiger partial charge in [0.25, 0.3) is 0 Å². The molecule has 1 aromatic carbocycles. The second kappa shape index (κ2) is 6.93. The highest BCUT2D eigenvalue weighted by Crippen LogP contribution is 2.31. The highest BCUT2D eigenvalue weighted by Gasteiger charge is 2.37. The SMILES string of the molecule is CC(C)NC1(C#N)CCCC(Oc2ccc(CO)cc2)C1. The summed E-state index contributed by atoms with van der Waals surface area (Å²) in [7, 11) is 0. The molecule has 0 aliphatic heterocycles. The molecule has 2 N–H and O–H groups in total. The van der Waals surface area contributed by atoms with E-state index in [9.17, 15) is 5.26 Å². The first-order valence-electron chi connectivity index (χ1n) is 7.62. The van der Waals surface area contributed by atoms with E-state index in [0.717, 1.165) is 30.6 Å². The molecule has 0 saturated heterocycles.